The average molecular weight is 393 g/mol. The van der Waals surface area contributed by atoms with Crippen molar-refractivity contribution >= 4 is 20.4 Å². The van der Waals surface area contributed by atoms with E-state index in [9.17, 15) is 16.8 Å². The highest BCUT2D eigenvalue weighted by Crippen LogP contribution is 2.20. The maximum absolute atomic E-state index is 12.6. The van der Waals surface area contributed by atoms with E-state index in [0.29, 0.717) is 0 Å². The fourth-order valence-electron chi connectivity index (χ4n) is 2.48. The first-order valence-corrected chi connectivity index (χ1v) is 10.6. The molecule has 1 rings (SSSR count). The van der Waals surface area contributed by atoms with Gasteiger partial charge in [-0.25, -0.2) is 0 Å². The molecule has 1 saturated heterocycles. The molecule has 1 atom stereocenters. The molecular formula is C13H24N6O4S2. The third-order valence-electron chi connectivity index (χ3n) is 4.02. The van der Waals surface area contributed by atoms with Crippen molar-refractivity contribution < 1.29 is 16.8 Å². The molecule has 0 aromatic rings. The zero-order chi connectivity index (χ0) is 19.3. The molecule has 0 bridgehead atoms. The van der Waals surface area contributed by atoms with Crippen LogP contribution in [0.4, 0.5) is 0 Å². The Labute approximate surface area is 150 Å². The van der Waals surface area contributed by atoms with Gasteiger partial charge in [0.25, 0.3) is 20.4 Å². The van der Waals surface area contributed by atoms with Gasteiger partial charge in [-0.15, -0.1) is 0 Å². The normalized spacial score (nSPS) is 20.5. The monoisotopic (exact) mass is 392 g/mol. The highest BCUT2D eigenvalue weighted by molar-refractivity contribution is 7.87. The zero-order valence-electron chi connectivity index (χ0n) is 14.7. The first-order valence-electron chi connectivity index (χ1n) is 7.77. The van der Waals surface area contributed by atoms with Crippen LogP contribution < -0.4 is 0 Å². The van der Waals surface area contributed by atoms with Crippen LogP contribution in [0.3, 0.4) is 0 Å². The second kappa shape index (κ2) is 8.89. The van der Waals surface area contributed by atoms with Crippen molar-refractivity contribution in [3.63, 3.8) is 0 Å². The van der Waals surface area contributed by atoms with E-state index in [-0.39, 0.29) is 45.6 Å². The minimum atomic E-state index is -3.75. The molecule has 0 saturated carbocycles. The maximum Gasteiger partial charge on any atom is 0.282 e. The summed E-state index contributed by atoms with van der Waals surface area (Å²) in [6, 6.07) is 3.26. The van der Waals surface area contributed by atoms with E-state index in [1.807, 2.05) is 12.1 Å². The number of nitriles is 2. The van der Waals surface area contributed by atoms with Crippen molar-refractivity contribution in [1.82, 2.24) is 17.2 Å². The van der Waals surface area contributed by atoms with Gasteiger partial charge in [0.1, 0.15) is 0 Å². The molecular weight excluding hydrogens is 368 g/mol. The van der Waals surface area contributed by atoms with Crippen LogP contribution in [0, 0.1) is 22.7 Å². The van der Waals surface area contributed by atoms with E-state index in [2.05, 4.69) is 0 Å². The molecule has 1 aliphatic heterocycles. The van der Waals surface area contributed by atoms with E-state index in [0.717, 1.165) is 8.61 Å². The van der Waals surface area contributed by atoms with Crippen molar-refractivity contribution in [2.24, 2.45) is 0 Å². The van der Waals surface area contributed by atoms with E-state index in [4.69, 9.17) is 10.5 Å². The summed E-state index contributed by atoms with van der Waals surface area (Å²) in [4.78, 5) is 0. The summed E-state index contributed by atoms with van der Waals surface area (Å²) in [6.45, 7) is 1.92. The SMILES string of the molecule is CC1CN(S(=O)(=O)N(C)CCC#N)CCN1S(=O)(=O)N(C)CCC#N. The van der Waals surface area contributed by atoms with Crippen LogP contribution in [0.1, 0.15) is 19.8 Å². The average Bonchev–Trinajstić information content (AvgIpc) is 2.56. The van der Waals surface area contributed by atoms with Gasteiger partial charge in [-0.05, 0) is 6.92 Å². The van der Waals surface area contributed by atoms with Gasteiger partial charge in [-0.1, -0.05) is 0 Å². The number of piperazine rings is 1. The molecule has 1 unspecified atom stereocenters. The summed E-state index contributed by atoms with van der Waals surface area (Å²) >= 11 is 0. The van der Waals surface area contributed by atoms with Gasteiger partial charge in [0, 0.05) is 65.7 Å². The summed E-state index contributed by atoms with van der Waals surface area (Å²) in [5, 5.41) is 17.2. The van der Waals surface area contributed by atoms with E-state index in [1.165, 1.54) is 22.7 Å². The lowest BCUT2D eigenvalue weighted by atomic mass is 10.3. The van der Waals surface area contributed by atoms with E-state index < -0.39 is 26.5 Å². The Morgan fingerprint density at radius 3 is 1.88 bits per heavy atom. The molecule has 25 heavy (non-hydrogen) atoms. The van der Waals surface area contributed by atoms with Gasteiger partial charge in [0.2, 0.25) is 0 Å². The van der Waals surface area contributed by atoms with Crippen LogP contribution in [0.5, 0.6) is 0 Å². The lowest BCUT2D eigenvalue weighted by Crippen LogP contribution is -2.59. The maximum atomic E-state index is 12.6. The van der Waals surface area contributed by atoms with E-state index in [1.54, 1.807) is 6.92 Å². The molecule has 142 valence electrons. The Morgan fingerprint density at radius 2 is 1.44 bits per heavy atom. The smallest absolute Gasteiger partial charge is 0.198 e. The highest BCUT2D eigenvalue weighted by Gasteiger charge is 2.39. The predicted molar refractivity (Wildman–Crippen MR) is 91.3 cm³/mol. The minimum Gasteiger partial charge on any atom is -0.198 e. The molecule has 0 aliphatic carbocycles. The predicted octanol–water partition coefficient (Wildman–Crippen LogP) is -0.827. The number of nitrogens with zero attached hydrogens (tertiary/aromatic N) is 6. The van der Waals surface area contributed by atoms with Crippen molar-refractivity contribution in [1.29, 1.82) is 10.5 Å². The molecule has 0 radical (unpaired) electrons. The summed E-state index contributed by atoms with van der Waals surface area (Å²) in [6.07, 6.45) is 0.172. The van der Waals surface area contributed by atoms with Gasteiger partial charge in [0.05, 0.1) is 12.1 Å². The summed E-state index contributed by atoms with van der Waals surface area (Å²) < 4.78 is 54.8. The highest BCUT2D eigenvalue weighted by atomic mass is 32.2. The van der Waals surface area contributed by atoms with Gasteiger partial charge in [0.15, 0.2) is 0 Å². The van der Waals surface area contributed by atoms with Crippen molar-refractivity contribution in [3.05, 3.63) is 0 Å². The second-order valence-corrected chi connectivity index (χ2v) is 9.82. The minimum absolute atomic E-state index is 0.0323. The largest absolute Gasteiger partial charge is 0.282 e. The first-order chi connectivity index (χ1) is 11.6. The lowest BCUT2D eigenvalue weighted by molar-refractivity contribution is 0.195. The second-order valence-electron chi connectivity index (χ2n) is 5.79. The molecule has 12 heteroatoms. The van der Waals surface area contributed by atoms with Crippen molar-refractivity contribution in [2.45, 2.75) is 25.8 Å². The Morgan fingerprint density at radius 1 is 0.960 bits per heavy atom. The topological polar surface area (TPSA) is 129 Å². The summed E-state index contributed by atoms with van der Waals surface area (Å²) in [5.41, 5.74) is 0. The van der Waals surface area contributed by atoms with E-state index >= 15 is 0 Å². The lowest BCUT2D eigenvalue weighted by Gasteiger charge is -2.40. The van der Waals surface area contributed by atoms with Crippen LogP contribution in [0.25, 0.3) is 0 Å². The van der Waals surface area contributed by atoms with Gasteiger partial charge >= 0.3 is 0 Å². The Bertz CT molecular complexity index is 739. The Hall–Kier alpha value is -1.28. The fourth-order valence-corrected chi connectivity index (χ4v) is 5.43. The summed E-state index contributed by atoms with van der Waals surface area (Å²) in [5.74, 6) is 0. The van der Waals surface area contributed by atoms with Crippen LogP contribution in [0.2, 0.25) is 0 Å². The van der Waals surface area contributed by atoms with Crippen molar-refractivity contribution in [3.8, 4) is 12.1 Å². The van der Waals surface area contributed by atoms with Gasteiger partial charge in [-0.2, -0.15) is 44.6 Å². The molecule has 10 nitrogen and oxygen atoms in total. The van der Waals surface area contributed by atoms with Crippen LogP contribution in [-0.4, -0.2) is 86.9 Å². The molecule has 0 spiro atoms. The Kier molecular flexibility index (Phi) is 7.74. The zero-order valence-corrected chi connectivity index (χ0v) is 16.3. The third kappa shape index (κ3) is 5.10. The Balaban J connectivity index is 2.83. The molecule has 0 N–H and O–H groups in total. The molecule has 0 amide bonds. The number of rotatable bonds is 8. The molecule has 0 aromatic heterocycles. The standard InChI is InChI=1S/C13H24N6O4S2/c1-13-12-18(24(20,21)16(2)8-4-6-14)10-11-19(13)25(22,23)17(3)9-5-7-15/h13H,4-5,8-12H2,1-3H3. The fraction of sp³-hybridized carbons (Fsp3) is 0.846. The third-order valence-corrected chi connectivity index (χ3v) is 8.08. The molecule has 1 heterocycles. The molecule has 1 fully saturated rings. The van der Waals surface area contributed by atoms with Crippen molar-refractivity contribution in [2.75, 3.05) is 46.8 Å². The van der Waals surface area contributed by atoms with Gasteiger partial charge < -0.3 is 0 Å². The van der Waals surface area contributed by atoms with Crippen LogP contribution in [-0.2, 0) is 20.4 Å². The quantitative estimate of drug-likeness (QED) is 0.530. The van der Waals surface area contributed by atoms with Gasteiger partial charge in [-0.3, -0.25) is 0 Å². The van der Waals surface area contributed by atoms with Crippen LogP contribution >= 0.6 is 0 Å². The summed E-state index contributed by atoms with van der Waals surface area (Å²) in [7, 11) is -4.68. The van der Waals surface area contributed by atoms with Crippen LogP contribution in [0.15, 0.2) is 0 Å². The number of hydrogen-bond donors (Lipinski definition) is 0. The molecule has 0 aromatic carbocycles. The first kappa shape index (κ1) is 21.8. The molecule has 1 aliphatic rings. The number of hydrogen-bond acceptors (Lipinski definition) is 6.